The van der Waals surface area contributed by atoms with Crippen molar-refractivity contribution in [2.45, 2.75) is 45.6 Å². The Labute approximate surface area is 222 Å². The number of carbonyl (C=O) groups excluding carboxylic acids is 1. The number of pyridine rings is 1. The van der Waals surface area contributed by atoms with Gasteiger partial charge >= 0.3 is 0 Å². The number of amides is 1. The Kier molecular flexibility index (Phi) is 6.64. The molecule has 1 saturated heterocycles. The van der Waals surface area contributed by atoms with E-state index in [4.69, 9.17) is 9.72 Å². The molecule has 6 rings (SSSR count). The van der Waals surface area contributed by atoms with E-state index in [1.165, 1.54) is 0 Å². The normalized spacial score (nSPS) is 17.3. The molecule has 4 aromatic rings. The highest BCUT2D eigenvalue weighted by Crippen LogP contribution is 2.40. The summed E-state index contributed by atoms with van der Waals surface area (Å²) in [5.74, 6) is 2.00. The van der Waals surface area contributed by atoms with Gasteiger partial charge in [-0.15, -0.1) is 0 Å². The van der Waals surface area contributed by atoms with Crippen molar-refractivity contribution in [3.63, 3.8) is 0 Å². The van der Waals surface area contributed by atoms with E-state index in [-0.39, 0.29) is 11.8 Å². The number of aromatic nitrogens is 3. The number of carbonyl (C=O) groups is 1. The van der Waals surface area contributed by atoms with Gasteiger partial charge in [0.05, 0.1) is 16.9 Å². The maximum absolute atomic E-state index is 12.6. The molecule has 3 N–H and O–H groups in total. The smallest absolute Gasteiger partial charge is 0.228 e. The van der Waals surface area contributed by atoms with Crippen LogP contribution in [-0.4, -0.2) is 40.0 Å². The van der Waals surface area contributed by atoms with E-state index < -0.39 is 0 Å². The average Bonchev–Trinajstić information content (AvgIpc) is 3.79. The fraction of sp³-hybridized carbons (Fsp3) is 0.333. The van der Waals surface area contributed by atoms with Crippen LogP contribution in [0.1, 0.15) is 36.8 Å². The second-order valence-electron chi connectivity index (χ2n) is 10.2. The standard InChI is InChI=1S/C30H32N6O2/c1-18-7-12-23-22(26(18)36-28(37)20-9-10-20)11-8-19(2)27(23)38-29-24(6-4-15-32-29)25-13-16-33-30(35-25)34-21-5-3-14-31-17-21/h4,6-8,11-13,15-16,20-21,31H,3,5,9-10,14,17H2,1-2H3,(H,36,37)(H,33,34,35)/t21-/m0/s1. The lowest BCUT2D eigenvalue weighted by atomic mass is 10.0. The predicted molar refractivity (Wildman–Crippen MR) is 150 cm³/mol. The maximum atomic E-state index is 12.6. The van der Waals surface area contributed by atoms with E-state index in [0.29, 0.717) is 23.6 Å². The third-order valence-corrected chi connectivity index (χ3v) is 7.28. The quantitative estimate of drug-likeness (QED) is 0.298. The summed E-state index contributed by atoms with van der Waals surface area (Å²) < 4.78 is 6.54. The second-order valence-corrected chi connectivity index (χ2v) is 10.2. The summed E-state index contributed by atoms with van der Waals surface area (Å²) in [6, 6.07) is 14.2. The first kappa shape index (κ1) is 24.3. The van der Waals surface area contributed by atoms with Crippen molar-refractivity contribution in [3.05, 3.63) is 66.0 Å². The Bertz CT molecular complexity index is 1490. The Morgan fingerprint density at radius 2 is 1.82 bits per heavy atom. The lowest BCUT2D eigenvalue weighted by Crippen LogP contribution is -2.38. The van der Waals surface area contributed by atoms with Crippen molar-refractivity contribution in [2.24, 2.45) is 5.92 Å². The summed E-state index contributed by atoms with van der Waals surface area (Å²) in [4.78, 5) is 26.4. The van der Waals surface area contributed by atoms with E-state index in [2.05, 4.69) is 32.0 Å². The number of nitrogens with one attached hydrogen (secondary N) is 3. The van der Waals surface area contributed by atoms with Crippen LogP contribution in [0.4, 0.5) is 11.6 Å². The van der Waals surface area contributed by atoms with Gasteiger partial charge in [-0.25, -0.2) is 15.0 Å². The Hall–Kier alpha value is -4.04. The second kappa shape index (κ2) is 10.4. The van der Waals surface area contributed by atoms with Crippen LogP contribution in [0.3, 0.4) is 0 Å². The molecule has 0 bridgehead atoms. The van der Waals surface area contributed by atoms with Crippen LogP contribution in [0.5, 0.6) is 11.6 Å². The number of nitrogens with zero attached hydrogens (tertiary/aromatic N) is 3. The summed E-state index contributed by atoms with van der Waals surface area (Å²) in [5.41, 5.74) is 4.36. The summed E-state index contributed by atoms with van der Waals surface area (Å²) >= 11 is 0. The number of anilines is 2. The number of ether oxygens (including phenoxy) is 1. The Balaban J connectivity index is 1.34. The van der Waals surface area contributed by atoms with E-state index >= 15 is 0 Å². The Morgan fingerprint density at radius 1 is 0.974 bits per heavy atom. The monoisotopic (exact) mass is 508 g/mol. The topological polar surface area (TPSA) is 101 Å². The molecule has 2 aliphatic rings. The van der Waals surface area contributed by atoms with Gasteiger partial charge in [0.25, 0.3) is 0 Å². The highest BCUT2D eigenvalue weighted by Gasteiger charge is 2.30. The number of rotatable bonds is 7. The van der Waals surface area contributed by atoms with Gasteiger partial charge in [0.1, 0.15) is 5.75 Å². The van der Waals surface area contributed by atoms with Crippen molar-refractivity contribution >= 4 is 28.3 Å². The molecule has 1 atom stereocenters. The molecular formula is C30H32N6O2. The van der Waals surface area contributed by atoms with Gasteiger partial charge < -0.3 is 20.7 Å². The minimum absolute atomic E-state index is 0.0906. The third kappa shape index (κ3) is 5.04. The molecule has 8 nitrogen and oxygen atoms in total. The van der Waals surface area contributed by atoms with E-state index in [1.54, 1.807) is 12.4 Å². The molecule has 2 fully saturated rings. The van der Waals surface area contributed by atoms with Crippen molar-refractivity contribution in [1.82, 2.24) is 20.3 Å². The molecule has 1 saturated carbocycles. The predicted octanol–water partition coefficient (Wildman–Crippen LogP) is 5.61. The van der Waals surface area contributed by atoms with Gasteiger partial charge in [-0.1, -0.05) is 24.3 Å². The van der Waals surface area contributed by atoms with Crippen LogP contribution in [0, 0.1) is 19.8 Å². The van der Waals surface area contributed by atoms with Crippen molar-refractivity contribution in [3.8, 4) is 22.9 Å². The number of hydrogen-bond acceptors (Lipinski definition) is 7. The SMILES string of the molecule is Cc1ccc2c(Oc3ncccc3-c3ccnc(N[C@H]4CCCNC4)n3)c(C)ccc2c1NC(=O)C1CC1. The molecule has 1 aliphatic heterocycles. The van der Waals surface area contributed by atoms with E-state index in [0.717, 1.165) is 77.6 Å². The van der Waals surface area contributed by atoms with Crippen LogP contribution in [0.25, 0.3) is 22.0 Å². The molecule has 8 heteroatoms. The molecule has 38 heavy (non-hydrogen) atoms. The van der Waals surface area contributed by atoms with E-state index in [1.807, 2.05) is 50.2 Å². The minimum atomic E-state index is 0.0906. The van der Waals surface area contributed by atoms with Crippen LogP contribution in [-0.2, 0) is 4.79 Å². The first-order valence-electron chi connectivity index (χ1n) is 13.3. The molecule has 0 radical (unpaired) electrons. The molecule has 1 aliphatic carbocycles. The van der Waals surface area contributed by atoms with Gasteiger partial charge in [0.15, 0.2) is 0 Å². The molecule has 2 aromatic heterocycles. The summed E-state index contributed by atoms with van der Waals surface area (Å²) in [7, 11) is 0. The number of hydrogen-bond donors (Lipinski definition) is 3. The van der Waals surface area contributed by atoms with Gasteiger partial charge in [-0.2, -0.15) is 0 Å². The summed E-state index contributed by atoms with van der Waals surface area (Å²) in [6.45, 7) is 5.99. The van der Waals surface area contributed by atoms with Crippen LogP contribution < -0.4 is 20.7 Å². The molecule has 3 heterocycles. The lowest BCUT2D eigenvalue weighted by Gasteiger charge is -2.23. The number of benzene rings is 2. The van der Waals surface area contributed by atoms with Crippen molar-refractivity contribution in [2.75, 3.05) is 23.7 Å². The fourth-order valence-electron chi connectivity index (χ4n) is 4.97. The summed E-state index contributed by atoms with van der Waals surface area (Å²) in [6.07, 6.45) is 7.63. The number of piperidine rings is 1. The molecule has 0 spiro atoms. The fourth-order valence-corrected chi connectivity index (χ4v) is 4.97. The highest BCUT2D eigenvalue weighted by molar-refractivity contribution is 6.06. The number of aryl methyl sites for hydroxylation is 2. The first-order chi connectivity index (χ1) is 18.6. The largest absolute Gasteiger partial charge is 0.437 e. The molecule has 1 amide bonds. The number of fused-ring (bicyclic) bond motifs is 1. The van der Waals surface area contributed by atoms with E-state index in [9.17, 15) is 4.79 Å². The van der Waals surface area contributed by atoms with Gasteiger partial charge in [0, 0.05) is 41.7 Å². The van der Waals surface area contributed by atoms with Crippen molar-refractivity contribution < 1.29 is 9.53 Å². The first-order valence-corrected chi connectivity index (χ1v) is 13.3. The minimum Gasteiger partial charge on any atom is -0.437 e. The molecule has 2 aromatic carbocycles. The maximum Gasteiger partial charge on any atom is 0.228 e. The Morgan fingerprint density at radius 3 is 2.63 bits per heavy atom. The molecular weight excluding hydrogens is 476 g/mol. The van der Waals surface area contributed by atoms with Crippen LogP contribution in [0.2, 0.25) is 0 Å². The zero-order valence-corrected chi connectivity index (χ0v) is 21.8. The van der Waals surface area contributed by atoms with Gasteiger partial charge in [0.2, 0.25) is 17.7 Å². The zero-order chi connectivity index (χ0) is 26.1. The summed E-state index contributed by atoms with van der Waals surface area (Å²) in [5, 5.41) is 11.9. The van der Waals surface area contributed by atoms with Crippen LogP contribution >= 0.6 is 0 Å². The molecule has 0 unspecified atom stereocenters. The van der Waals surface area contributed by atoms with Crippen molar-refractivity contribution in [1.29, 1.82) is 0 Å². The van der Waals surface area contributed by atoms with Gasteiger partial charge in [-0.3, -0.25) is 4.79 Å². The zero-order valence-electron chi connectivity index (χ0n) is 21.8. The van der Waals surface area contributed by atoms with Gasteiger partial charge in [-0.05, 0) is 75.4 Å². The highest BCUT2D eigenvalue weighted by atomic mass is 16.5. The molecule has 194 valence electrons. The third-order valence-electron chi connectivity index (χ3n) is 7.28. The lowest BCUT2D eigenvalue weighted by molar-refractivity contribution is -0.117. The van der Waals surface area contributed by atoms with Crippen LogP contribution in [0.15, 0.2) is 54.9 Å². The average molecular weight is 509 g/mol.